The maximum absolute atomic E-state index is 14.8. The summed E-state index contributed by atoms with van der Waals surface area (Å²) < 4.78 is 0. The van der Waals surface area contributed by atoms with Crippen LogP contribution in [0.5, 0.6) is 0 Å². The zero-order valence-electron chi connectivity index (χ0n) is 68.1. The Morgan fingerprint density at radius 2 is 0.792 bits per heavy atom. The molecule has 0 saturated heterocycles. The number of benzene rings is 3. The van der Waals surface area contributed by atoms with Crippen molar-refractivity contribution in [2.75, 3.05) is 13.2 Å². The van der Waals surface area contributed by atoms with E-state index in [2.05, 4.69) is 74.1 Å². The molecule has 0 aliphatic rings. The first-order valence-corrected chi connectivity index (χ1v) is 39.3. The van der Waals surface area contributed by atoms with Crippen molar-refractivity contribution in [2.45, 2.75) is 229 Å². The molecule has 0 bridgehead atoms. The lowest BCUT2D eigenvalue weighted by molar-refractivity contribution is -0.143. The molecule has 0 radical (unpaired) electrons. The lowest BCUT2D eigenvalue weighted by atomic mass is 9.96. The van der Waals surface area contributed by atoms with Crippen molar-refractivity contribution in [1.29, 1.82) is 5.41 Å². The minimum atomic E-state index is -1.95. The number of carboxylic acids is 2. The highest BCUT2D eigenvalue weighted by molar-refractivity contribution is 6.01. The van der Waals surface area contributed by atoms with Gasteiger partial charge in [-0.2, -0.15) is 0 Å². The van der Waals surface area contributed by atoms with Crippen molar-refractivity contribution in [1.82, 2.24) is 74.1 Å². The van der Waals surface area contributed by atoms with E-state index in [-0.39, 0.29) is 70.3 Å². The van der Waals surface area contributed by atoms with Crippen LogP contribution < -0.4 is 97.8 Å². The second-order valence-corrected chi connectivity index (χ2v) is 30.1. The van der Waals surface area contributed by atoms with Crippen LogP contribution in [-0.2, 0) is 101 Å². The van der Waals surface area contributed by atoms with Gasteiger partial charge in [-0.15, -0.1) is 0 Å². The molecular formula is C79H116N20O21. The van der Waals surface area contributed by atoms with Gasteiger partial charge >= 0.3 is 11.9 Å². The molecule has 0 spiro atoms. The number of H-pyrrole nitrogens is 1. The fourth-order valence-electron chi connectivity index (χ4n) is 12.5. The summed E-state index contributed by atoms with van der Waals surface area (Å²) in [4.78, 5) is 235. The third-order valence-corrected chi connectivity index (χ3v) is 19.2. The van der Waals surface area contributed by atoms with Crippen LogP contribution in [0, 0.1) is 23.2 Å². The second-order valence-electron chi connectivity index (χ2n) is 30.1. The van der Waals surface area contributed by atoms with Crippen LogP contribution in [-0.4, -0.2) is 230 Å². The largest absolute Gasteiger partial charge is 0.481 e. The number of aliphatic carboxylic acids is 2. The summed E-state index contributed by atoms with van der Waals surface area (Å²) >= 11 is 0. The Morgan fingerprint density at radius 3 is 1.24 bits per heavy atom. The molecule has 15 amide bonds. The number of guanidine groups is 1. The lowest BCUT2D eigenvalue weighted by Gasteiger charge is -2.29. The number of hydrogen-bond donors (Lipinski definition) is 24. The van der Waals surface area contributed by atoms with E-state index in [9.17, 15) is 102 Å². The third kappa shape index (κ3) is 34.9. The van der Waals surface area contributed by atoms with Gasteiger partial charge in [0.25, 0.3) is 0 Å². The van der Waals surface area contributed by atoms with Gasteiger partial charge in [0.2, 0.25) is 88.6 Å². The zero-order valence-corrected chi connectivity index (χ0v) is 68.1. The summed E-state index contributed by atoms with van der Waals surface area (Å²) in [5.41, 5.74) is 30.2. The first kappa shape index (κ1) is 99.7. The summed E-state index contributed by atoms with van der Waals surface area (Å²) in [5, 5.41) is 82.0. The molecule has 0 fully saturated rings. The van der Waals surface area contributed by atoms with Crippen LogP contribution in [0.25, 0.3) is 10.9 Å². The van der Waals surface area contributed by atoms with Crippen LogP contribution >= 0.6 is 0 Å². The predicted octanol–water partition coefficient (Wildman–Crippen LogP) is -4.53. The van der Waals surface area contributed by atoms with Crippen LogP contribution in [0.2, 0.25) is 0 Å². The molecule has 4 aromatic rings. The van der Waals surface area contributed by atoms with Crippen LogP contribution in [0.3, 0.4) is 0 Å². The number of aromatic amines is 1. The third-order valence-electron chi connectivity index (χ3n) is 19.2. The Hall–Kier alpha value is -12.7. The fourth-order valence-corrected chi connectivity index (χ4v) is 12.5. The van der Waals surface area contributed by atoms with Gasteiger partial charge in [0.15, 0.2) is 5.96 Å². The van der Waals surface area contributed by atoms with Gasteiger partial charge in [-0.3, -0.25) is 82.1 Å². The van der Waals surface area contributed by atoms with Gasteiger partial charge in [0.05, 0.1) is 25.2 Å². The van der Waals surface area contributed by atoms with Gasteiger partial charge in [-0.25, -0.2) is 4.79 Å². The number of para-hydroxylation sites is 1. The highest BCUT2D eigenvalue weighted by Crippen LogP contribution is 2.21. The zero-order chi connectivity index (χ0) is 89.6. The van der Waals surface area contributed by atoms with Crippen molar-refractivity contribution < 1.29 is 102 Å². The number of hydrogen-bond acceptors (Lipinski definition) is 21. The molecule has 120 heavy (non-hydrogen) atoms. The molecule has 658 valence electrons. The number of aromatic nitrogens is 1. The van der Waals surface area contributed by atoms with Crippen LogP contribution in [0.4, 0.5) is 0 Å². The number of rotatable bonds is 54. The number of carbonyl (C=O) groups excluding carboxylic acids is 15. The van der Waals surface area contributed by atoms with Crippen LogP contribution in [0.1, 0.15) is 142 Å². The summed E-state index contributed by atoms with van der Waals surface area (Å²) in [6.45, 7) is 9.92. The smallest absolute Gasteiger partial charge is 0.326 e. The summed E-state index contributed by atoms with van der Waals surface area (Å²) in [6.07, 6.45) is -5.08. The summed E-state index contributed by atoms with van der Waals surface area (Å²) in [6, 6.07) is 1.64. The molecular weight excluding hydrogens is 1560 g/mol. The van der Waals surface area contributed by atoms with E-state index in [0.29, 0.717) is 16.7 Å². The van der Waals surface area contributed by atoms with Gasteiger partial charge in [-0.05, 0) is 98.8 Å². The first-order valence-electron chi connectivity index (χ1n) is 39.3. The molecule has 0 aliphatic carbocycles. The van der Waals surface area contributed by atoms with E-state index in [4.69, 9.17) is 34.1 Å². The number of nitrogens with two attached hydrogens (primary N) is 5. The molecule has 41 nitrogen and oxygen atoms in total. The molecule has 0 unspecified atom stereocenters. The average molecular weight is 1680 g/mol. The molecule has 15 atom stereocenters. The number of fused-ring (bicyclic) bond motifs is 1. The molecule has 0 aliphatic heterocycles. The van der Waals surface area contributed by atoms with E-state index in [1.165, 1.54) is 0 Å². The Bertz CT molecular complexity index is 4210. The predicted molar refractivity (Wildman–Crippen MR) is 435 cm³/mol. The van der Waals surface area contributed by atoms with E-state index >= 15 is 0 Å². The lowest BCUT2D eigenvalue weighted by Crippen LogP contribution is -2.62. The standard InChI is InChI=1S/C79H116N20O21/c1-8-42(6)64(76(117)91-53(78(119)120)27-30-62(83)104)98-74(115)55(33-41(4)5)93-68(109)52(26-29-61(82)103)89-67(108)51(25-28-60(81)102)90-71(112)56(34-44-18-11-9-12-19-44)95-70(111)54(32-40(2)3)94-75(116)59(39-100)97-72(113)57(35-45-20-13-10-14-21-45)96-77(118)65(43(7)101)99-69(110)50(24-17-31-86-79(84)85)88-73(114)58(37-63(105)106)92-66(107)48(80)36-46-38-87-49-23-16-15-22-47(46)49/h9-16,18-23,38,40-43,48,50-59,64-65,87,100-101H,8,17,24-37,39,80H2,1-7H3,(H2,81,102)(H2,82,103)(H2,83,104)(H,88,114)(H,89,108)(H,90,112)(H,91,117)(H,92,107)(H,93,109)(H,94,116)(H,95,111)(H,96,118)(H,97,113)(H,98,115)(H,99,110)(H,105,106)(H,119,120)(H4,84,85,86)/t42-,43+,48-,50-,51-,52-,53-,54-,55-,56-,57-,58-,59-,64-,65-/m0/s1. The van der Waals surface area contributed by atoms with E-state index in [0.717, 1.165) is 17.8 Å². The molecule has 29 N–H and O–H groups in total. The maximum Gasteiger partial charge on any atom is 0.326 e. The molecule has 1 heterocycles. The SMILES string of the molecule is CC[C@H](C)[C@H](NC(=O)[C@H](CC(C)C)NC(=O)[C@H](CCC(N)=O)NC(=O)[C@H](CCC(N)=O)NC(=O)[C@H](Cc1ccccc1)NC(=O)[C@H](CC(C)C)NC(=O)[C@H](CO)NC(=O)[C@H](Cc1ccccc1)NC(=O)[C@@H](NC(=O)[C@H](CCCNC(=N)N)NC(=O)[C@H](CC(=O)O)NC(=O)[C@@H](N)Cc1c[nH]c2ccccc12)[C@@H](C)O)C(=O)N[C@@H](CCC(N)=O)C(=O)O. The Kier molecular flexibility index (Phi) is 41.7. The number of aliphatic hydroxyl groups excluding tert-OH is 2. The molecule has 4 rings (SSSR count). The van der Waals surface area contributed by atoms with E-state index in [1.54, 1.807) is 133 Å². The van der Waals surface area contributed by atoms with E-state index < -0.39 is 248 Å². The Labute approximate surface area is 692 Å². The van der Waals surface area contributed by atoms with Gasteiger partial charge in [-0.1, -0.05) is 127 Å². The Balaban J connectivity index is 1.62. The number of carboxylic acid groups (broad SMARTS) is 2. The fraction of sp³-hybridized carbons (Fsp3) is 0.519. The monoisotopic (exact) mass is 1680 g/mol. The normalized spacial score (nSPS) is 14.9. The maximum atomic E-state index is 14.8. The number of primary amides is 3. The molecule has 3 aromatic carbocycles. The Morgan fingerprint density at radius 1 is 0.425 bits per heavy atom. The van der Waals surface area contributed by atoms with Crippen molar-refractivity contribution in [3.05, 3.63) is 108 Å². The van der Waals surface area contributed by atoms with E-state index in [1.807, 2.05) is 0 Å². The van der Waals surface area contributed by atoms with Crippen LogP contribution in [0.15, 0.2) is 91.1 Å². The number of nitrogens with one attached hydrogen (secondary N) is 15. The summed E-state index contributed by atoms with van der Waals surface area (Å²) in [7, 11) is 0. The molecule has 0 saturated carbocycles. The van der Waals surface area contributed by atoms with Gasteiger partial charge in [0, 0.05) is 55.7 Å². The van der Waals surface area contributed by atoms with Gasteiger partial charge in [0.1, 0.15) is 72.5 Å². The second kappa shape index (κ2) is 50.2. The topological polar surface area (TPSA) is 697 Å². The number of aliphatic hydroxyl groups is 2. The minimum absolute atomic E-state index is 0.0170. The van der Waals surface area contributed by atoms with Crippen molar-refractivity contribution >= 4 is 117 Å². The summed E-state index contributed by atoms with van der Waals surface area (Å²) in [5.74, 6) is -20.6. The van der Waals surface area contributed by atoms with Crippen molar-refractivity contribution in [3.63, 3.8) is 0 Å². The van der Waals surface area contributed by atoms with Crippen molar-refractivity contribution in [2.24, 2.45) is 46.4 Å². The quantitative estimate of drug-likeness (QED) is 0.0112. The highest BCUT2D eigenvalue weighted by Gasteiger charge is 2.40. The average Bonchev–Trinajstić information content (AvgIpc) is 1.68. The van der Waals surface area contributed by atoms with Gasteiger partial charge < -0.3 is 123 Å². The number of carbonyl (C=O) groups is 17. The number of amides is 15. The highest BCUT2D eigenvalue weighted by atomic mass is 16.4. The molecule has 1 aromatic heterocycles. The minimum Gasteiger partial charge on any atom is -0.481 e. The molecule has 41 heteroatoms. The first-order chi connectivity index (χ1) is 56.6. The van der Waals surface area contributed by atoms with Crippen molar-refractivity contribution in [3.8, 4) is 0 Å².